The van der Waals surface area contributed by atoms with E-state index in [2.05, 4.69) is 25.9 Å². The molecule has 0 saturated heterocycles. The predicted octanol–water partition coefficient (Wildman–Crippen LogP) is 4.41. The van der Waals surface area contributed by atoms with Crippen molar-refractivity contribution in [3.8, 4) is 0 Å². The third kappa shape index (κ3) is 2.60. The van der Waals surface area contributed by atoms with Crippen molar-refractivity contribution in [2.24, 2.45) is 0 Å². The lowest BCUT2D eigenvalue weighted by Gasteiger charge is -2.10. The van der Waals surface area contributed by atoms with Crippen LogP contribution in [0.25, 0.3) is 21.8 Å². The fourth-order valence-corrected chi connectivity index (χ4v) is 3.33. The Morgan fingerprint density at radius 3 is 2.83 bits per heavy atom. The molecule has 4 nitrogen and oxygen atoms in total. The Hall–Kier alpha value is -2.24. The van der Waals surface area contributed by atoms with Crippen LogP contribution in [0.3, 0.4) is 0 Å². The summed E-state index contributed by atoms with van der Waals surface area (Å²) in [5.74, 6) is 0. The second-order valence-corrected chi connectivity index (χ2v) is 6.77. The van der Waals surface area contributed by atoms with Crippen molar-refractivity contribution in [2.75, 3.05) is 0 Å². The molecule has 0 aliphatic carbocycles. The first-order chi connectivity index (χ1) is 11.6. The molecule has 0 fully saturated rings. The minimum atomic E-state index is -0.0830. The summed E-state index contributed by atoms with van der Waals surface area (Å²) >= 11 is 9.63. The summed E-state index contributed by atoms with van der Waals surface area (Å²) in [6.45, 7) is 0.388. The van der Waals surface area contributed by atoms with E-state index in [-0.39, 0.29) is 5.56 Å². The highest BCUT2D eigenvalue weighted by atomic mass is 79.9. The average molecular weight is 401 g/mol. The molecule has 24 heavy (non-hydrogen) atoms. The van der Waals surface area contributed by atoms with Gasteiger partial charge in [-0.3, -0.25) is 14.3 Å². The molecule has 0 unspecified atom stereocenters. The third-order valence-corrected chi connectivity index (χ3v) is 4.75. The number of hydrogen-bond donors (Lipinski definition) is 0. The summed E-state index contributed by atoms with van der Waals surface area (Å²) in [6, 6.07) is 13.0. The second kappa shape index (κ2) is 6.00. The summed E-state index contributed by atoms with van der Waals surface area (Å²) in [7, 11) is 0. The molecule has 2 aromatic heterocycles. The summed E-state index contributed by atoms with van der Waals surface area (Å²) in [4.78, 5) is 21.5. The largest absolute Gasteiger partial charge is 0.294 e. The number of fused-ring (bicyclic) bond motifs is 2. The van der Waals surface area contributed by atoms with Crippen molar-refractivity contribution in [1.29, 1.82) is 0 Å². The molecule has 2 heterocycles. The summed E-state index contributed by atoms with van der Waals surface area (Å²) in [5.41, 5.74) is 2.32. The molecule has 0 bridgehead atoms. The van der Waals surface area contributed by atoms with Crippen LogP contribution in [0, 0.1) is 0 Å². The molecule has 0 atom stereocenters. The normalized spacial score (nSPS) is 11.2. The fourth-order valence-electron chi connectivity index (χ4n) is 2.75. The minimum absolute atomic E-state index is 0.0830. The zero-order valence-electron chi connectivity index (χ0n) is 12.4. The van der Waals surface area contributed by atoms with Crippen molar-refractivity contribution in [3.63, 3.8) is 0 Å². The van der Waals surface area contributed by atoms with Crippen LogP contribution < -0.4 is 5.56 Å². The summed E-state index contributed by atoms with van der Waals surface area (Å²) < 4.78 is 2.44. The van der Waals surface area contributed by atoms with E-state index in [1.807, 2.05) is 36.4 Å². The van der Waals surface area contributed by atoms with Gasteiger partial charge in [-0.1, -0.05) is 33.6 Å². The number of aromatic nitrogens is 3. The highest BCUT2D eigenvalue weighted by Gasteiger charge is 2.09. The number of pyridine rings is 1. The van der Waals surface area contributed by atoms with E-state index >= 15 is 0 Å². The monoisotopic (exact) mass is 399 g/mol. The van der Waals surface area contributed by atoms with Gasteiger partial charge in [0.1, 0.15) is 0 Å². The van der Waals surface area contributed by atoms with E-state index in [1.54, 1.807) is 23.2 Å². The zero-order valence-corrected chi connectivity index (χ0v) is 14.8. The molecular formula is C18H11BrClN3O. The number of rotatable bonds is 2. The van der Waals surface area contributed by atoms with E-state index in [4.69, 9.17) is 11.6 Å². The maximum absolute atomic E-state index is 12.7. The van der Waals surface area contributed by atoms with Crippen molar-refractivity contribution < 1.29 is 0 Å². The molecule has 0 saturated carbocycles. The predicted molar refractivity (Wildman–Crippen MR) is 99.6 cm³/mol. The van der Waals surface area contributed by atoms with Crippen LogP contribution in [0.5, 0.6) is 0 Å². The van der Waals surface area contributed by atoms with Gasteiger partial charge in [-0.25, -0.2) is 4.98 Å². The molecule has 0 spiro atoms. The molecule has 0 N–H and O–H groups in total. The van der Waals surface area contributed by atoms with Gasteiger partial charge in [-0.2, -0.15) is 0 Å². The standard InChI is InChI=1S/C18H11BrClN3O/c19-12-4-6-16-14(8-12)18(24)23(10-22-16)9-11-3-5-15(20)13-2-1-7-21-17(11)13/h1-8,10H,9H2. The molecule has 4 rings (SSSR count). The first-order valence-electron chi connectivity index (χ1n) is 7.30. The third-order valence-electron chi connectivity index (χ3n) is 3.93. The Morgan fingerprint density at radius 1 is 1.08 bits per heavy atom. The van der Waals surface area contributed by atoms with Crippen molar-refractivity contribution >= 4 is 49.3 Å². The van der Waals surface area contributed by atoms with Crippen molar-refractivity contribution in [3.05, 3.63) is 80.4 Å². The molecular weight excluding hydrogens is 390 g/mol. The van der Waals surface area contributed by atoms with E-state index in [0.717, 1.165) is 20.9 Å². The van der Waals surface area contributed by atoms with Gasteiger partial charge in [-0.05, 0) is 42.0 Å². The SMILES string of the molecule is O=c1c2cc(Br)ccc2ncn1Cc1ccc(Cl)c2cccnc12. The van der Waals surface area contributed by atoms with Gasteiger partial charge in [0, 0.05) is 21.1 Å². The van der Waals surface area contributed by atoms with Crippen LogP contribution in [0.2, 0.25) is 5.02 Å². The van der Waals surface area contributed by atoms with E-state index < -0.39 is 0 Å². The lowest BCUT2D eigenvalue weighted by molar-refractivity contribution is 0.751. The van der Waals surface area contributed by atoms with Crippen LogP contribution in [0.1, 0.15) is 5.56 Å². The summed E-state index contributed by atoms with van der Waals surface area (Å²) in [6.07, 6.45) is 3.29. The maximum atomic E-state index is 12.7. The lowest BCUT2D eigenvalue weighted by Crippen LogP contribution is -2.21. The van der Waals surface area contributed by atoms with Crippen LogP contribution in [-0.2, 0) is 6.54 Å². The van der Waals surface area contributed by atoms with E-state index in [1.165, 1.54) is 0 Å². The number of hydrogen-bond acceptors (Lipinski definition) is 3. The van der Waals surface area contributed by atoms with Gasteiger partial charge in [-0.15, -0.1) is 0 Å². The van der Waals surface area contributed by atoms with Crippen molar-refractivity contribution in [2.45, 2.75) is 6.54 Å². The van der Waals surface area contributed by atoms with Gasteiger partial charge >= 0.3 is 0 Å². The van der Waals surface area contributed by atoms with Crippen molar-refractivity contribution in [1.82, 2.24) is 14.5 Å². The Labute approximate surface area is 150 Å². The summed E-state index contributed by atoms with van der Waals surface area (Å²) in [5, 5.41) is 2.11. The van der Waals surface area contributed by atoms with Crippen LogP contribution in [0.4, 0.5) is 0 Å². The number of benzene rings is 2. The molecule has 118 valence electrons. The van der Waals surface area contributed by atoms with Crippen LogP contribution >= 0.6 is 27.5 Å². The number of nitrogens with zero attached hydrogens (tertiary/aromatic N) is 3. The van der Waals surface area contributed by atoms with E-state index in [0.29, 0.717) is 22.5 Å². The first kappa shape index (κ1) is 15.3. The molecule has 4 aromatic rings. The molecule has 2 aromatic carbocycles. The quantitative estimate of drug-likeness (QED) is 0.501. The number of halogens is 2. The highest BCUT2D eigenvalue weighted by molar-refractivity contribution is 9.10. The Bertz CT molecular complexity index is 1140. The molecule has 0 radical (unpaired) electrons. The van der Waals surface area contributed by atoms with Gasteiger partial charge in [0.25, 0.3) is 5.56 Å². The first-order valence-corrected chi connectivity index (χ1v) is 8.47. The molecule has 6 heteroatoms. The lowest BCUT2D eigenvalue weighted by atomic mass is 10.1. The van der Waals surface area contributed by atoms with E-state index in [9.17, 15) is 4.79 Å². The van der Waals surface area contributed by atoms with Gasteiger partial charge in [0.15, 0.2) is 0 Å². The van der Waals surface area contributed by atoms with Gasteiger partial charge in [0.05, 0.1) is 29.3 Å². The highest BCUT2D eigenvalue weighted by Crippen LogP contribution is 2.25. The topological polar surface area (TPSA) is 47.8 Å². The molecule has 0 amide bonds. The Kier molecular flexibility index (Phi) is 3.82. The second-order valence-electron chi connectivity index (χ2n) is 5.45. The van der Waals surface area contributed by atoms with Crippen LogP contribution in [-0.4, -0.2) is 14.5 Å². The Balaban J connectivity index is 1.87. The molecule has 0 aliphatic rings. The Morgan fingerprint density at radius 2 is 1.96 bits per heavy atom. The van der Waals surface area contributed by atoms with Crippen LogP contribution in [0.15, 0.2) is 64.3 Å². The maximum Gasteiger partial charge on any atom is 0.261 e. The minimum Gasteiger partial charge on any atom is -0.294 e. The van der Waals surface area contributed by atoms with Gasteiger partial charge < -0.3 is 0 Å². The smallest absolute Gasteiger partial charge is 0.261 e. The average Bonchev–Trinajstić information content (AvgIpc) is 2.60. The fraction of sp³-hybridized carbons (Fsp3) is 0.0556. The van der Waals surface area contributed by atoms with Gasteiger partial charge in [0.2, 0.25) is 0 Å². The zero-order chi connectivity index (χ0) is 16.7. The molecule has 0 aliphatic heterocycles.